The van der Waals surface area contributed by atoms with Gasteiger partial charge >= 0.3 is 0 Å². The van der Waals surface area contributed by atoms with E-state index in [0.717, 1.165) is 16.6 Å². The Morgan fingerprint density at radius 1 is 1.54 bits per heavy atom. The van der Waals surface area contributed by atoms with Crippen LogP contribution in [-0.4, -0.2) is 23.3 Å². The lowest BCUT2D eigenvalue weighted by atomic mass is 10.2. The zero-order chi connectivity index (χ0) is 9.10. The summed E-state index contributed by atoms with van der Waals surface area (Å²) in [6.07, 6.45) is 5.25. The maximum atomic E-state index is 4.61. The first-order valence-corrected chi connectivity index (χ1v) is 3.90. The molecule has 0 atom stereocenters. The maximum absolute atomic E-state index is 4.61. The van der Waals surface area contributed by atoms with Gasteiger partial charge < -0.3 is 9.82 Å². The second-order valence-corrected chi connectivity index (χ2v) is 2.56. The van der Waals surface area contributed by atoms with Gasteiger partial charge in [-0.3, -0.25) is 0 Å². The van der Waals surface area contributed by atoms with Gasteiger partial charge in [0.15, 0.2) is 0 Å². The number of hydrogen-bond donors (Lipinski definition) is 1. The monoisotopic (exact) mass is 175 g/mol. The summed E-state index contributed by atoms with van der Waals surface area (Å²) in [4.78, 5) is 11.8. The molecule has 66 valence electrons. The Morgan fingerprint density at radius 3 is 3.31 bits per heavy atom. The molecule has 0 aliphatic carbocycles. The van der Waals surface area contributed by atoms with Crippen molar-refractivity contribution >= 4 is 17.2 Å². The third kappa shape index (κ3) is 1.38. The molecule has 0 aliphatic rings. The largest absolute Gasteiger partial charge is 0.399 e. The van der Waals surface area contributed by atoms with Gasteiger partial charge in [0, 0.05) is 23.3 Å². The van der Waals surface area contributed by atoms with E-state index < -0.39 is 0 Å². The highest BCUT2D eigenvalue weighted by Crippen LogP contribution is 2.12. The number of aromatic amines is 1. The summed E-state index contributed by atoms with van der Waals surface area (Å²) < 4.78 is 0. The summed E-state index contributed by atoms with van der Waals surface area (Å²) >= 11 is 0. The van der Waals surface area contributed by atoms with Crippen LogP contribution in [0, 0.1) is 0 Å². The van der Waals surface area contributed by atoms with Crippen molar-refractivity contribution in [2.24, 2.45) is 5.16 Å². The number of fused-ring (bicyclic) bond motifs is 1. The molecule has 1 N–H and O–H groups in total. The van der Waals surface area contributed by atoms with Crippen molar-refractivity contribution in [1.29, 1.82) is 0 Å². The van der Waals surface area contributed by atoms with Crippen molar-refractivity contribution in [1.82, 2.24) is 9.97 Å². The van der Waals surface area contributed by atoms with Gasteiger partial charge in [-0.05, 0) is 12.1 Å². The summed E-state index contributed by atoms with van der Waals surface area (Å²) in [6, 6.07) is 3.85. The van der Waals surface area contributed by atoms with E-state index >= 15 is 0 Å². The van der Waals surface area contributed by atoms with Crippen molar-refractivity contribution in [2.75, 3.05) is 7.11 Å². The van der Waals surface area contributed by atoms with Crippen LogP contribution in [0.4, 0.5) is 0 Å². The normalized spacial score (nSPS) is 11.2. The highest BCUT2D eigenvalue weighted by atomic mass is 16.6. The third-order valence-corrected chi connectivity index (χ3v) is 1.79. The number of nitrogens with zero attached hydrogens (tertiary/aromatic N) is 2. The molecule has 0 amide bonds. The van der Waals surface area contributed by atoms with Crippen LogP contribution < -0.4 is 0 Å². The molecule has 0 fully saturated rings. The molecule has 0 saturated heterocycles. The third-order valence-electron chi connectivity index (χ3n) is 1.79. The summed E-state index contributed by atoms with van der Waals surface area (Å²) in [5, 5.41) is 4.75. The van der Waals surface area contributed by atoms with Crippen molar-refractivity contribution in [3.8, 4) is 0 Å². The van der Waals surface area contributed by atoms with E-state index in [9.17, 15) is 0 Å². The van der Waals surface area contributed by atoms with Crippen molar-refractivity contribution < 1.29 is 4.84 Å². The topological polar surface area (TPSA) is 50.3 Å². The number of pyridine rings is 1. The Morgan fingerprint density at radius 2 is 2.46 bits per heavy atom. The van der Waals surface area contributed by atoms with Crippen LogP contribution in [0.2, 0.25) is 0 Å². The average Bonchev–Trinajstić information content (AvgIpc) is 2.62. The summed E-state index contributed by atoms with van der Waals surface area (Å²) in [5.74, 6) is 0. The molecule has 2 rings (SSSR count). The minimum Gasteiger partial charge on any atom is -0.399 e. The van der Waals surface area contributed by atoms with Gasteiger partial charge in [0.1, 0.15) is 12.8 Å². The van der Waals surface area contributed by atoms with Crippen LogP contribution in [0.1, 0.15) is 5.56 Å². The molecule has 0 radical (unpaired) electrons. The molecule has 0 spiro atoms. The SMILES string of the molecule is CO/N=C/c1ccnc2[nH]ccc12. The minimum absolute atomic E-state index is 0.861. The van der Waals surface area contributed by atoms with Gasteiger partial charge in [-0.25, -0.2) is 4.98 Å². The molecule has 4 nitrogen and oxygen atoms in total. The number of H-pyrrole nitrogens is 1. The Bertz CT molecular complexity index is 433. The molecule has 2 heterocycles. The quantitative estimate of drug-likeness (QED) is 0.556. The molecule has 0 aliphatic heterocycles. The van der Waals surface area contributed by atoms with E-state index in [4.69, 9.17) is 0 Å². The van der Waals surface area contributed by atoms with E-state index in [1.54, 1.807) is 12.4 Å². The lowest BCUT2D eigenvalue weighted by Gasteiger charge is -1.93. The predicted octanol–water partition coefficient (Wildman–Crippen LogP) is 1.54. The first kappa shape index (κ1) is 7.79. The Balaban J connectivity index is 2.54. The standard InChI is InChI=1S/C9H9N3O/c1-13-12-6-7-2-4-10-9-8(7)3-5-11-9/h2-6H,1H3,(H,10,11)/b12-6+. The van der Waals surface area contributed by atoms with E-state index in [2.05, 4.69) is 20.0 Å². The van der Waals surface area contributed by atoms with E-state index in [-0.39, 0.29) is 0 Å². The van der Waals surface area contributed by atoms with Gasteiger partial charge in [-0.15, -0.1) is 0 Å². The lowest BCUT2D eigenvalue weighted by Crippen LogP contribution is -1.85. The average molecular weight is 175 g/mol. The molecule has 13 heavy (non-hydrogen) atoms. The number of hydrogen-bond acceptors (Lipinski definition) is 3. The van der Waals surface area contributed by atoms with Gasteiger partial charge in [-0.2, -0.15) is 0 Å². The molecule has 4 heteroatoms. The van der Waals surface area contributed by atoms with Crippen molar-refractivity contribution in [3.05, 3.63) is 30.1 Å². The van der Waals surface area contributed by atoms with Crippen LogP contribution in [0.5, 0.6) is 0 Å². The fraction of sp³-hybridized carbons (Fsp3) is 0.111. The van der Waals surface area contributed by atoms with Gasteiger partial charge in [0.05, 0.1) is 6.21 Å². The summed E-state index contributed by atoms with van der Waals surface area (Å²) in [5.41, 5.74) is 1.85. The molecule has 2 aromatic heterocycles. The first-order chi connectivity index (χ1) is 6.42. The molecule has 0 unspecified atom stereocenters. The molecular formula is C9H9N3O. The van der Waals surface area contributed by atoms with Crippen LogP contribution >= 0.6 is 0 Å². The highest BCUT2D eigenvalue weighted by Gasteiger charge is 1.98. The van der Waals surface area contributed by atoms with Gasteiger partial charge in [0.2, 0.25) is 0 Å². The van der Waals surface area contributed by atoms with Crippen LogP contribution in [0.3, 0.4) is 0 Å². The highest BCUT2D eigenvalue weighted by molar-refractivity contribution is 5.96. The maximum Gasteiger partial charge on any atom is 0.137 e. The molecule has 0 saturated carbocycles. The van der Waals surface area contributed by atoms with Gasteiger partial charge in [0.25, 0.3) is 0 Å². The zero-order valence-electron chi connectivity index (χ0n) is 7.19. The molecular weight excluding hydrogens is 166 g/mol. The second kappa shape index (κ2) is 3.26. The van der Waals surface area contributed by atoms with Crippen LogP contribution in [0.15, 0.2) is 29.7 Å². The fourth-order valence-electron chi connectivity index (χ4n) is 1.20. The number of nitrogens with one attached hydrogen (secondary N) is 1. The molecule has 0 bridgehead atoms. The first-order valence-electron chi connectivity index (χ1n) is 3.90. The van der Waals surface area contributed by atoms with E-state index in [1.807, 2.05) is 18.3 Å². The van der Waals surface area contributed by atoms with Crippen LogP contribution in [-0.2, 0) is 4.84 Å². The van der Waals surface area contributed by atoms with Crippen LogP contribution in [0.25, 0.3) is 11.0 Å². The lowest BCUT2D eigenvalue weighted by molar-refractivity contribution is 0.215. The predicted molar refractivity (Wildman–Crippen MR) is 50.7 cm³/mol. The smallest absolute Gasteiger partial charge is 0.137 e. The second-order valence-electron chi connectivity index (χ2n) is 2.56. The summed E-state index contributed by atoms with van der Waals surface area (Å²) in [7, 11) is 1.52. The molecule has 2 aromatic rings. The van der Waals surface area contributed by atoms with Crippen molar-refractivity contribution in [3.63, 3.8) is 0 Å². The Hall–Kier alpha value is -1.84. The number of oxime groups is 1. The van der Waals surface area contributed by atoms with Crippen molar-refractivity contribution in [2.45, 2.75) is 0 Å². The number of aromatic nitrogens is 2. The Kier molecular flexibility index (Phi) is 1.96. The van der Waals surface area contributed by atoms with E-state index in [0.29, 0.717) is 0 Å². The fourth-order valence-corrected chi connectivity index (χ4v) is 1.20. The Labute approximate surface area is 75.2 Å². The molecule has 0 aromatic carbocycles. The minimum atomic E-state index is 0.861. The zero-order valence-corrected chi connectivity index (χ0v) is 7.19. The van der Waals surface area contributed by atoms with Gasteiger partial charge in [-0.1, -0.05) is 5.16 Å². The number of rotatable bonds is 2. The van der Waals surface area contributed by atoms with E-state index in [1.165, 1.54) is 7.11 Å². The summed E-state index contributed by atoms with van der Waals surface area (Å²) in [6.45, 7) is 0.